The molecule has 0 aliphatic carbocycles. The summed E-state index contributed by atoms with van der Waals surface area (Å²) in [4.78, 5) is 0. The molecule has 0 atom stereocenters. The first-order valence-corrected chi connectivity index (χ1v) is 5.09. The third-order valence-electron chi connectivity index (χ3n) is 1.81. The molecule has 1 aromatic carbocycles. The molecule has 1 aromatic rings. The van der Waals surface area contributed by atoms with E-state index in [0.29, 0.717) is 13.0 Å². The first-order chi connectivity index (χ1) is 6.24. The second kappa shape index (κ2) is 5.22. The quantitative estimate of drug-likeness (QED) is 0.801. The molecule has 0 radical (unpaired) electrons. The van der Waals surface area contributed by atoms with Crippen molar-refractivity contribution in [1.82, 2.24) is 0 Å². The molecule has 72 valence electrons. The third-order valence-corrected chi connectivity index (χ3v) is 2.31. The fourth-order valence-electron chi connectivity index (χ4n) is 1.12. The SMILES string of the molecule is Cc1cc(Br)ccc1NCCCF. The van der Waals surface area contributed by atoms with E-state index in [2.05, 4.69) is 21.2 Å². The van der Waals surface area contributed by atoms with Gasteiger partial charge in [0.1, 0.15) is 0 Å². The van der Waals surface area contributed by atoms with Gasteiger partial charge in [0.15, 0.2) is 0 Å². The van der Waals surface area contributed by atoms with Crippen molar-refractivity contribution in [2.75, 3.05) is 18.5 Å². The molecule has 3 heteroatoms. The second-order valence-electron chi connectivity index (χ2n) is 2.93. The van der Waals surface area contributed by atoms with Crippen LogP contribution in [-0.2, 0) is 0 Å². The minimum Gasteiger partial charge on any atom is -0.385 e. The Bertz CT molecular complexity index is 276. The van der Waals surface area contributed by atoms with E-state index in [1.807, 2.05) is 25.1 Å². The van der Waals surface area contributed by atoms with Gasteiger partial charge in [0, 0.05) is 16.7 Å². The van der Waals surface area contributed by atoms with Gasteiger partial charge in [0.05, 0.1) is 6.67 Å². The Hall–Kier alpha value is -0.570. The van der Waals surface area contributed by atoms with Gasteiger partial charge in [0.25, 0.3) is 0 Å². The lowest BCUT2D eigenvalue weighted by atomic mass is 10.2. The Morgan fingerprint density at radius 3 is 2.85 bits per heavy atom. The summed E-state index contributed by atoms with van der Waals surface area (Å²) in [7, 11) is 0. The van der Waals surface area contributed by atoms with E-state index in [4.69, 9.17) is 0 Å². The topological polar surface area (TPSA) is 12.0 Å². The van der Waals surface area contributed by atoms with Crippen LogP contribution in [0.5, 0.6) is 0 Å². The average Bonchev–Trinajstić information content (AvgIpc) is 2.09. The van der Waals surface area contributed by atoms with Gasteiger partial charge >= 0.3 is 0 Å². The maximum atomic E-state index is 11.8. The number of anilines is 1. The molecular weight excluding hydrogens is 233 g/mol. The normalized spacial score (nSPS) is 10.1. The van der Waals surface area contributed by atoms with Crippen LogP contribution in [0, 0.1) is 6.92 Å². The van der Waals surface area contributed by atoms with E-state index in [1.54, 1.807) is 0 Å². The maximum Gasteiger partial charge on any atom is 0.0911 e. The highest BCUT2D eigenvalue weighted by Crippen LogP contribution is 2.19. The molecule has 0 saturated carbocycles. The van der Waals surface area contributed by atoms with Crippen molar-refractivity contribution in [3.63, 3.8) is 0 Å². The number of hydrogen-bond donors (Lipinski definition) is 1. The number of hydrogen-bond acceptors (Lipinski definition) is 1. The highest BCUT2D eigenvalue weighted by Gasteiger charge is 1.97. The van der Waals surface area contributed by atoms with Crippen LogP contribution >= 0.6 is 15.9 Å². The lowest BCUT2D eigenvalue weighted by molar-refractivity contribution is 0.481. The van der Waals surface area contributed by atoms with Gasteiger partial charge in [0.2, 0.25) is 0 Å². The second-order valence-corrected chi connectivity index (χ2v) is 3.84. The van der Waals surface area contributed by atoms with Crippen molar-refractivity contribution in [1.29, 1.82) is 0 Å². The van der Waals surface area contributed by atoms with Crippen LogP contribution in [0.3, 0.4) is 0 Å². The fourth-order valence-corrected chi connectivity index (χ4v) is 1.59. The molecular formula is C10H13BrFN. The van der Waals surface area contributed by atoms with Crippen LogP contribution < -0.4 is 5.32 Å². The molecule has 0 spiro atoms. The molecule has 13 heavy (non-hydrogen) atoms. The Morgan fingerprint density at radius 2 is 2.23 bits per heavy atom. The summed E-state index contributed by atoms with van der Waals surface area (Å²) >= 11 is 3.39. The van der Waals surface area contributed by atoms with Gasteiger partial charge in [-0.3, -0.25) is 4.39 Å². The highest BCUT2D eigenvalue weighted by atomic mass is 79.9. The fraction of sp³-hybridized carbons (Fsp3) is 0.400. The van der Waals surface area contributed by atoms with E-state index < -0.39 is 0 Å². The zero-order chi connectivity index (χ0) is 9.68. The van der Waals surface area contributed by atoms with E-state index in [0.717, 1.165) is 10.2 Å². The molecule has 0 amide bonds. The number of aryl methyl sites for hydroxylation is 1. The first-order valence-electron chi connectivity index (χ1n) is 4.30. The summed E-state index contributed by atoms with van der Waals surface area (Å²) in [5.74, 6) is 0. The predicted octanol–water partition coefficient (Wildman–Crippen LogP) is 3.53. The van der Waals surface area contributed by atoms with Crippen molar-refractivity contribution in [3.05, 3.63) is 28.2 Å². The van der Waals surface area contributed by atoms with E-state index in [1.165, 1.54) is 5.56 Å². The molecule has 0 heterocycles. The number of alkyl halides is 1. The average molecular weight is 246 g/mol. The molecule has 1 nitrogen and oxygen atoms in total. The number of nitrogens with one attached hydrogen (secondary N) is 1. The molecule has 1 N–H and O–H groups in total. The Balaban J connectivity index is 2.56. The van der Waals surface area contributed by atoms with Crippen molar-refractivity contribution in [2.45, 2.75) is 13.3 Å². The molecule has 0 bridgehead atoms. The summed E-state index contributed by atoms with van der Waals surface area (Å²) in [5.41, 5.74) is 2.25. The van der Waals surface area contributed by atoms with Gasteiger partial charge in [-0.15, -0.1) is 0 Å². The Kier molecular flexibility index (Phi) is 4.22. The zero-order valence-corrected chi connectivity index (χ0v) is 9.20. The van der Waals surface area contributed by atoms with E-state index >= 15 is 0 Å². The Morgan fingerprint density at radius 1 is 1.46 bits per heavy atom. The zero-order valence-electron chi connectivity index (χ0n) is 7.61. The molecule has 0 aromatic heterocycles. The van der Waals surface area contributed by atoms with Crippen molar-refractivity contribution in [2.24, 2.45) is 0 Å². The molecule has 0 saturated heterocycles. The molecule has 0 fully saturated rings. The number of halogens is 2. The molecule has 0 unspecified atom stereocenters. The van der Waals surface area contributed by atoms with Gasteiger partial charge in [-0.1, -0.05) is 15.9 Å². The van der Waals surface area contributed by atoms with Crippen LogP contribution in [0.1, 0.15) is 12.0 Å². The van der Waals surface area contributed by atoms with E-state index in [9.17, 15) is 4.39 Å². The van der Waals surface area contributed by atoms with Crippen LogP contribution in [-0.4, -0.2) is 13.2 Å². The maximum absolute atomic E-state index is 11.8. The van der Waals surface area contributed by atoms with Crippen LogP contribution in [0.2, 0.25) is 0 Å². The minimum absolute atomic E-state index is 0.261. The summed E-state index contributed by atoms with van der Waals surface area (Å²) < 4.78 is 12.9. The molecule has 0 aliphatic heterocycles. The standard InChI is InChI=1S/C10H13BrFN/c1-8-7-9(11)3-4-10(8)13-6-2-5-12/h3-4,7,13H,2,5-6H2,1H3. The summed E-state index contributed by atoms with van der Waals surface area (Å²) in [5, 5.41) is 3.18. The summed E-state index contributed by atoms with van der Waals surface area (Å²) in [6.45, 7) is 2.46. The minimum atomic E-state index is -0.261. The number of benzene rings is 1. The van der Waals surface area contributed by atoms with Gasteiger partial charge < -0.3 is 5.32 Å². The van der Waals surface area contributed by atoms with Crippen LogP contribution in [0.15, 0.2) is 22.7 Å². The van der Waals surface area contributed by atoms with Crippen molar-refractivity contribution in [3.8, 4) is 0 Å². The predicted molar refractivity (Wildman–Crippen MR) is 58.0 cm³/mol. The largest absolute Gasteiger partial charge is 0.385 e. The number of rotatable bonds is 4. The third kappa shape index (κ3) is 3.35. The van der Waals surface area contributed by atoms with Gasteiger partial charge in [-0.2, -0.15) is 0 Å². The van der Waals surface area contributed by atoms with E-state index in [-0.39, 0.29) is 6.67 Å². The monoisotopic (exact) mass is 245 g/mol. The first kappa shape index (κ1) is 10.5. The van der Waals surface area contributed by atoms with Crippen molar-refractivity contribution < 1.29 is 4.39 Å². The summed E-state index contributed by atoms with van der Waals surface area (Å²) in [6, 6.07) is 6.01. The lowest BCUT2D eigenvalue weighted by Gasteiger charge is -2.08. The smallest absolute Gasteiger partial charge is 0.0911 e. The highest BCUT2D eigenvalue weighted by molar-refractivity contribution is 9.10. The van der Waals surface area contributed by atoms with Crippen LogP contribution in [0.25, 0.3) is 0 Å². The van der Waals surface area contributed by atoms with Crippen molar-refractivity contribution >= 4 is 21.6 Å². The lowest BCUT2D eigenvalue weighted by Crippen LogP contribution is -2.03. The van der Waals surface area contributed by atoms with Crippen LogP contribution in [0.4, 0.5) is 10.1 Å². The van der Waals surface area contributed by atoms with Gasteiger partial charge in [-0.25, -0.2) is 0 Å². The molecule has 0 aliphatic rings. The van der Waals surface area contributed by atoms with Gasteiger partial charge in [-0.05, 0) is 37.1 Å². The molecule has 1 rings (SSSR count). The Labute approximate surface area is 86.5 Å². The summed E-state index contributed by atoms with van der Waals surface area (Å²) in [6.07, 6.45) is 0.565.